The van der Waals surface area contributed by atoms with Crippen molar-refractivity contribution in [2.24, 2.45) is 0 Å². The lowest BCUT2D eigenvalue weighted by Gasteiger charge is -2.20. The summed E-state index contributed by atoms with van der Waals surface area (Å²) in [5, 5.41) is 6.14. The van der Waals surface area contributed by atoms with Crippen molar-refractivity contribution in [1.82, 2.24) is 10.6 Å². The van der Waals surface area contributed by atoms with Gasteiger partial charge in [0.15, 0.2) is 0 Å². The van der Waals surface area contributed by atoms with E-state index in [1.165, 1.54) is 11.1 Å². The molecule has 0 saturated heterocycles. The summed E-state index contributed by atoms with van der Waals surface area (Å²) in [5.41, 5.74) is 3.21. The minimum Gasteiger partial charge on any atom is -0.352 e. The van der Waals surface area contributed by atoms with E-state index in [4.69, 9.17) is 0 Å². The monoisotopic (exact) mass is 218 g/mol. The topological polar surface area (TPSA) is 41.1 Å². The molecule has 0 radical (unpaired) electrons. The maximum Gasteiger partial charge on any atom is 0.251 e. The van der Waals surface area contributed by atoms with Crippen LogP contribution in [-0.4, -0.2) is 19.5 Å². The minimum absolute atomic E-state index is 0.0639. The molecule has 3 heteroatoms. The highest BCUT2D eigenvalue weighted by Crippen LogP contribution is 2.21. The van der Waals surface area contributed by atoms with Crippen molar-refractivity contribution in [2.75, 3.05) is 13.6 Å². The lowest BCUT2D eigenvalue weighted by atomic mass is 9.94. The number of carbonyl (C=O) groups is 1. The van der Waals surface area contributed by atoms with Crippen molar-refractivity contribution < 1.29 is 4.79 Å². The summed E-state index contributed by atoms with van der Waals surface area (Å²) in [6, 6.07) is 6.57. The van der Waals surface area contributed by atoms with Crippen LogP contribution < -0.4 is 10.6 Å². The molecular formula is C13H18N2O. The van der Waals surface area contributed by atoms with E-state index in [0.29, 0.717) is 6.04 Å². The fraction of sp³-hybridized carbons (Fsp3) is 0.462. The molecule has 1 atom stereocenters. The lowest BCUT2D eigenvalue weighted by molar-refractivity contribution is 0.0946. The third-order valence-corrected chi connectivity index (χ3v) is 3.22. The van der Waals surface area contributed by atoms with Gasteiger partial charge in [0.25, 0.3) is 5.91 Å². The predicted octanol–water partition coefficient (Wildman–Crippen LogP) is 1.64. The van der Waals surface area contributed by atoms with E-state index < -0.39 is 0 Å². The maximum atomic E-state index is 11.7. The molecule has 16 heavy (non-hydrogen) atoms. The first-order valence-electron chi connectivity index (χ1n) is 5.84. The molecule has 86 valence electrons. The molecule has 0 bridgehead atoms. The summed E-state index contributed by atoms with van der Waals surface area (Å²) in [7, 11) is 1.95. The fourth-order valence-corrected chi connectivity index (χ4v) is 2.25. The second-order valence-corrected chi connectivity index (χ2v) is 4.17. The zero-order chi connectivity index (χ0) is 11.5. The third kappa shape index (κ3) is 1.95. The Morgan fingerprint density at radius 1 is 1.50 bits per heavy atom. The SMILES string of the molecule is CCC(NC)c1ccc2c(c1)C(=O)NCC2. The molecular weight excluding hydrogens is 200 g/mol. The van der Waals surface area contributed by atoms with Gasteiger partial charge in [0.1, 0.15) is 0 Å². The van der Waals surface area contributed by atoms with Crippen LogP contribution in [0.2, 0.25) is 0 Å². The Morgan fingerprint density at radius 3 is 3.00 bits per heavy atom. The van der Waals surface area contributed by atoms with E-state index >= 15 is 0 Å². The second-order valence-electron chi connectivity index (χ2n) is 4.17. The summed E-state index contributed by atoms with van der Waals surface area (Å²) < 4.78 is 0. The highest BCUT2D eigenvalue weighted by molar-refractivity contribution is 5.96. The van der Waals surface area contributed by atoms with Gasteiger partial charge in [0, 0.05) is 18.2 Å². The number of fused-ring (bicyclic) bond motifs is 1. The number of amides is 1. The van der Waals surface area contributed by atoms with E-state index in [2.05, 4.69) is 29.7 Å². The summed E-state index contributed by atoms with van der Waals surface area (Å²) in [6.45, 7) is 2.90. The van der Waals surface area contributed by atoms with Crippen molar-refractivity contribution in [2.45, 2.75) is 25.8 Å². The molecule has 2 N–H and O–H groups in total. The summed E-state index contributed by atoms with van der Waals surface area (Å²) in [5.74, 6) is 0.0639. The van der Waals surface area contributed by atoms with Gasteiger partial charge in [-0.1, -0.05) is 19.1 Å². The van der Waals surface area contributed by atoms with Gasteiger partial charge in [-0.25, -0.2) is 0 Å². The maximum absolute atomic E-state index is 11.7. The van der Waals surface area contributed by atoms with Crippen LogP contribution in [0.25, 0.3) is 0 Å². The molecule has 1 aliphatic heterocycles. The first kappa shape index (κ1) is 11.1. The second kappa shape index (κ2) is 4.66. The van der Waals surface area contributed by atoms with Crippen LogP contribution >= 0.6 is 0 Å². The Kier molecular flexibility index (Phi) is 3.25. The smallest absolute Gasteiger partial charge is 0.251 e. The highest BCUT2D eigenvalue weighted by Gasteiger charge is 2.18. The largest absolute Gasteiger partial charge is 0.352 e. The minimum atomic E-state index is 0.0639. The zero-order valence-electron chi connectivity index (χ0n) is 9.84. The van der Waals surface area contributed by atoms with E-state index in [1.54, 1.807) is 0 Å². The van der Waals surface area contributed by atoms with Gasteiger partial charge in [-0.15, -0.1) is 0 Å². The molecule has 0 saturated carbocycles. The van der Waals surface area contributed by atoms with E-state index in [1.807, 2.05) is 13.1 Å². The lowest BCUT2D eigenvalue weighted by Crippen LogP contribution is -2.32. The van der Waals surface area contributed by atoms with Crippen LogP contribution in [0.5, 0.6) is 0 Å². The molecule has 1 heterocycles. The van der Waals surface area contributed by atoms with Crippen molar-refractivity contribution in [3.8, 4) is 0 Å². The molecule has 1 aliphatic rings. The van der Waals surface area contributed by atoms with Gasteiger partial charge < -0.3 is 10.6 Å². The molecule has 0 spiro atoms. The number of hydrogen-bond donors (Lipinski definition) is 2. The number of benzene rings is 1. The average molecular weight is 218 g/mol. The van der Waals surface area contributed by atoms with Crippen molar-refractivity contribution in [3.05, 3.63) is 34.9 Å². The number of nitrogens with one attached hydrogen (secondary N) is 2. The quantitative estimate of drug-likeness (QED) is 0.810. The Hall–Kier alpha value is -1.35. The molecule has 0 aromatic heterocycles. The summed E-state index contributed by atoms with van der Waals surface area (Å²) >= 11 is 0. The van der Waals surface area contributed by atoms with E-state index in [-0.39, 0.29) is 5.91 Å². The van der Waals surface area contributed by atoms with Crippen molar-refractivity contribution in [3.63, 3.8) is 0 Å². The Morgan fingerprint density at radius 2 is 2.31 bits per heavy atom. The molecule has 0 fully saturated rings. The Balaban J connectivity index is 2.37. The molecule has 2 rings (SSSR count). The molecule has 0 aliphatic carbocycles. The van der Waals surface area contributed by atoms with E-state index in [9.17, 15) is 4.79 Å². The standard InChI is InChI=1S/C13H18N2O/c1-3-12(14-2)10-5-4-9-6-7-15-13(16)11(9)8-10/h4-5,8,12,14H,3,6-7H2,1-2H3,(H,15,16). The van der Waals surface area contributed by atoms with Crippen LogP contribution in [0.1, 0.15) is 40.9 Å². The molecule has 1 aromatic rings. The average Bonchev–Trinajstić information content (AvgIpc) is 2.32. The van der Waals surface area contributed by atoms with Crippen molar-refractivity contribution >= 4 is 5.91 Å². The number of rotatable bonds is 3. The van der Waals surface area contributed by atoms with Gasteiger partial charge in [0.05, 0.1) is 0 Å². The van der Waals surface area contributed by atoms with Gasteiger partial charge in [0.2, 0.25) is 0 Å². The first-order valence-corrected chi connectivity index (χ1v) is 5.84. The molecule has 1 unspecified atom stereocenters. The Labute approximate surface area is 96.2 Å². The van der Waals surface area contributed by atoms with Gasteiger partial charge in [-0.2, -0.15) is 0 Å². The van der Waals surface area contributed by atoms with Crippen molar-refractivity contribution in [1.29, 1.82) is 0 Å². The fourth-order valence-electron chi connectivity index (χ4n) is 2.25. The molecule has 1 aromatic carbocycles. The molecule has 3 nitrogen and oxygen atoms in total. The summed E-state index contributed by atoms with van der Waals surface area (Å²) in [6.07, 6.45) is 1.97. The number of carbonyl (C=O) groups excluding carboxylic acids is 1. The normalized spacial score (nSPS) is 16.5. The zero-order valence-corrected chi connectivity index (χ0v) is 9.84. The van der Waals surface area contributed by atoms with Gasteiger partial charge in [-0.05, 0) is 37.1 Å². The van der Waals surface area contributed by atoms with Gasteiger partial charge in [-0.3, -0.25) is 4.79 Å². The third-order valence-electron chi connectivity index (χ3n) is 3.22. The predicted molar refractivity (Wildman–Crippen MR) is 64.6 cm³/mol. The van der Waals surface area contributed by atoms with Crippen LogP contribution in [0.3, 0.4) is 0 Å². The van der Waals surface area contributed by atoms with Gasteiger partial charge >= 0.3 is 0 Å². The Bertz CT molecular complexity index is 397. The molecule has 1 amide bonds. The summed E-state index contributed by atoms with van der Waals surface area (Å²) in [4.78, 5) is 11.7. The van der Waals surface area contributed by atoms with E-state index in [0.717, 1.165) is 24.9 Å². The van der Waals surface area contributed by atoms with Crippen LogP contribution in [0.15, 0.2) is 18.2 Å². The first-order chi connectivity index (χ1) is 7.76. The highest BCUT2D eigenvalue weighted by atomic mass is 16.1. The van der Waals surface area contributed by atoms with Crippen LogP contribution in [0.4, 0.5) is 0 Å². The van der Waals surface area contributed by atoms with Crippen LogP contribution in [0, 0.1) is 0 Å². The number of hydrogen-bond acceptors (Lipinski definition) is 2. The van der Waals surface area contributed by atoms with Crippen LogP contribution in [-0.2, 0) is 6.42 Å².